The number of hydrogen-bond donors (Lipinski definition) is 2. The van der Waals surface area contributed by atoms with Crippen LogP contribution in [0, 0.1) is 4.77 Å². The van der Waals surface area contributed by atoms with Gasteiger partial charge in [-0.15, -0.1) is 0 Å². The van der Waals surface area contributed by atoms with E-state index < -0.39 is 11.4 Å². The highest BCUT2D eigenvalue weighted by Crippen LogP contribution is 2.24. The van der Waals surface area contributed by atoms with Gasteiger partial charge in [0.1, 0.15) is 5.54 Å². The zero-order valence-electron chi connectivity index (χ0n) is 10.0. The van der Waals surface area contributed by atoms with Crippen LogP contribution >= 0.6 is 12.2 Å². The summed E-state index contributed by atoms with van der Waals surface area (Å²) in [5.41, 5.74) is 5.27. The molecular weight excluding hydrogens is 250 g/mol. The number of amides is 1. The predicted molar refractivity (Wildman–Crippen MR) is 69.2 cm³/mol. The number of nitrogens with two attached hydrogens (primary N) is 1. The standard InChI is InChI=1S/C11H13N5OS/c1-11(2,9(12)17)16-8(14-15-10(16)18)7-3-5-13-6-4-7/h3-6H,1-2H3,(H2,12,17)(H,15,18). The number of pyridine rings is 1. The van der Waals surface area contributed by atoms with Crippen molar-refractivity contribution in [1.82, 2.24) is 19.7 Å². The van der Waals surface area contributed by atoms with Gasteiger partial charge in [-0.25, -0.2) is 0 Å². The van der Waals surface area contributed by atoms with Gasteiger partial charge in [-0.1, -0.05) is 0 Å². The number of rotatable bonds is 3. The van der Waals surface area contributed by atoms with E-state index in [4.69, 9.17) is 18.0 Å². The van der Waals surface area contributed by atoms with Gasteiger partial charge in [-0.3, -0.25) is 19.4 Å². The van der Waals surface area contributed by atoms with Crippen molar-refractivity contribution in [2.45, 2.75) is 19.4 Å². The molecule has 94 valence electrons. The van der Waals surface area contributed by atoms with Gasteiger partial charge in [0.05, 0.1) is 0 Å². The normalized spacial score (nSPS) is 11.4. The Morgan fingerprint density at radius 2 is 2.06 bits per heavy atom. The summed E-state index contributed by atoms with van der Waals surface area (Å²) in [6.45, 7) is 3.40. The third-order valence-corrected chi connectivity index (χ3v) is 3.05. The van der Waals surface area contributed by atoms with Crippen LogP contribution in [0.3, 0.4) is 0 Å². The average Bonchev–Trinajstić information content (AvgIpc) is 2.72. The number of carbonyl (C=O) groups excluding carboxylic acids is 1. The first-order chi connectivity index (χ1) is 8.44. The fraction of sp³-hybridized carbons (Fsp3) is 0.273. The van der Waals surface area contributed by atoms with Crippen LogP contribution in [0.25, 0.3) is 11.4 Å². The predicted octanol–water partition coefficient (Wildman–Crippen LogP) is 1.22. The van der Waals surface area contributed by atoms with Gasteiger partial charge in [0, 0.05) is 18.0 Å². The van der Waals surface area contributed by atoms with Gasteiger partial charge in [0.25, 0.3) is 0 Å². The van der Waals surface area contributed by atoms with Crippen LogP contribution < -0.4 is 5.73 Å². The molecular formula is C11H13N5OS. The Hall–Kier alpha value is -2.02. The van der Waals surface area contributed by atoms with Gasteiger partial charge >= 0.3 is 0 Å². The zero-order valence-corrected chi connectivity index (χ0v) is 10.9. The van der Waals surface area contributed by atoms with Crippen LogP contribution in [-0.4, -0.2) is 25.7 Å². The molecule has 0 aliphatic heterocycles. The Morgan fingerprint density at radius 1 is 1.44 bits per heavy atom. The summed E-state index contributed by atoms with van der Waals surface area (Å²) in [5, 5.41) is 6.83. The first-order valence-electron chi connectivity index (χ1n) is 5.33. The topological polar surface area (TPSA) is 89.6 Å². The molecule has 0 aliphatic rings. The van der Waals surface area contributed by atoms with Crippen molar-refractivity contribution in [3.8, 4) is 11.4 Å². The van der Waals surface area contributed by atoms with E-state index in [9.17, 15) is 4.79 Å². The number of primary amides is 1. The van der Waals surface area contributed by atoms with Crippen molar-refractivity contribution >= 4 is 18.1 Å². The maximum atomic E-state index is 11.6. The summed E-state index contributed by atoms with van der Waals surface area (Å²) in [6.07, 6.45) is 3.29. The van der Waals surface area contributed by atoms with Crippen LogP contribution in [0.5, 0.6) is 0 Å². The molecule has 2 heterocycles. The van der Waals surface area contributed by atoms with E-state index in [0.717, 1.165) is 5.56 Å². The summed E-state index contributed by atoms with van der Waals surface area (Å²) < 4.78 is 1.96. The Balaban J connectivity index is 2.67. The maximum Gasteiger partial charge on any atom is 0.243 e. The van der Waals surface area contributed by atoms with Crippen LogP contribution in [-0.2, 0) is 10.3 Å². The molecule has 2 aromatic rings. The third kappa shape index (κ3) is 1.92. The summed E-state index contributed by atoms with van der Waals surface area (Å²) in [6, 6.07) is 3.58. The van der Waals surface area contributed by atoms with Gasteiger partial charge in [0.15, 0.2) is 10.6 Å². The lowest BCUT2D eigenvalue weighted by Gasteiger charge is -2.23. The van der Waals surface area contributed by atoms with E-state index in [1.165, 1.54) is 0 Å². The lowest BCUT2D eigenvalue weighted by atomic mass is 10.0. The molecule has 0 atom stereocenters. The molecule has 0 aliphatic carbocycles. The number of aromatic amines is 1. The molecule has 3 N–H and O–H groups in total. The van der Waals surface area contributed by atoms with Gasteiger partial charge in [-0.05, 0) is 38.2 Å². The van der Waals surface area contributed by atoms with Gasteiger partial charge in [0.2, 0.25) is 5.91 Å². The largest absolute Gasteiger partial charge is 0.368 e. The van der Waals surface area contributed by atoms with Crippen molar-refractivity contribution in [3.05, 3.63) is 29.3 Å². The first kappa shape index (κ1) is 12.4. The SMILES string of the molecule is CC(C)(C(N)=O)n1c(-c2ccncc2)n[nH]c1=S. The Morgan fingerprint density at radius 3 is 2.61 bits per heavy atom. The molecule has 2 aromatic heterocycles. The third-order valence-electron chi connectivity index (χ3n) is 2.77. The van der Waals surface area contributed by atoms with E-state index in [-0.39, 0.29) is 0 Å². The molecule has 0 fully saturated rings. The van der Waals surface area contributed by atoms with Crippen LogP contribution in [0.4, 0.5) is 0 Å². The summed E-state index contributed by atoms with van der Waals surface area (Å²) in [7, 11) is 0. The van der Waals surface area contributed by atoms with Gasteiger partial charge in [-0.2, -0.15) is 5.10 Å². The summed E-state index contributed by atoms with van der Waals surface area (Å²) in [5.74, 6) is 0.0847. The van der Waals surface area contributed by atoms with E-state index in [2.05, 4.69) is 15.2 Å². The average molecular weight is 263 g/mol. The van der Waals surface area contributed by atoms with Crippen molar-refractivity contribution in [1.29, 1.82) is 0 Å². The number of nitrogens with one attached hydrogen (secondary N) is 1. The number of carbonyl (C=O) groups is 1. The molecule has 0 saturated heterocycles. The second-order valence-corrected chi connectivity index (χ2v) is 4.73. The van der Waals surface area contributed by atoms with E-state index >= 15 is 0 Å². The van der Waals surface area contributed by atoms with E-state index in [0.29, 0.717) is 10.6 Å². The highest BCUT2D eigenvalue weighted by Gasteiger charge is 2.31. The number of hydrogen-bond acceptors (Lipinski definition) is 4. The van der Waals surface area contributed by atoms with Crippen LogP contribution in [0.1, 0.15) is 13.8 Å². The van der Waals surface area contributed by atoms with E-state index in [1.54, 1.807) is 42.9 Å². The van der Waals surface area contributed by atoms with Crippen molar-refractivity contribution in [3.63, 3.8) is 0 Å². The molecule has 7 heteroatoms. The molecule has 6 nitrogen and oxygen atoms in total. The fourth-order valence-electron chi connectivity index (χ4n) is 1.62. The molecule has 0 bridgehead atoms. The molecule has 0 aromatic carbocycles. The minimum atomic E-state index is -0.956. The van der Waals surface area contributed by atoms with Crippen LogP contribution in [0.15, 0.2) is 24.5 Å². The molecule has 1 amide bonds. The molecule has 18 heavy (non-hydrogen) atoms. The first-order valence-corrected chi connectivity index (χ1v) is 5.73. The second-order valence-electron chi connectivity index (χ2n) is 4.35. The fourth-order valence-corrected chi connectivity index (χ4v) is 1.98. The van der Waals surface area contributed by atoms with Crippen LogP contribution in [0.2, 0.25) is 0 Å². The number of nitrogens with zero attached hydrogens (tertiary/aromatic N) is 3. The molecule has 0 spiro atoms. The van der Waals surface area contributed by atoms with Crippen molar-refractivity contribution in [2.24, 2.45) is 5.73 Å². The molecule has 0 saturated carbocycles. The van der Waals surface area contributed by atoms with E-state index in [1.807, 2.05) is 0 Å². The quantitative estimate of drug-likeness (QED) is 0.815. The zero-order chi connectivity index (χ0) is 13.3. The molecule has 0 radical (unpaired) electrons. The Labute approximate surface area is 109 Å². The lowest BCUT2D eigenvalue weighted by molar-refractivity contribution is -0.125. The Bertz CT molecular complexity index is 628. The number of aromatic nitrogens is 4. The molecule has 2 rings (SSSR count). The lowest BCUT2D eigenvalue weighted by Crippen LogP contribution is -2.41. The Kier molecular flexibility index (Phi) is 3.00. The second kappa shape index (κ2) is 4.34. The van der Waals surface area contributed by atoms with Crippen molar-refractivity contribution < 1.29 is 4.79 Å². The minimum Gasteiger partial charge on any atom is -0.368 e. The number of H-pyrrole nitrogens is 1. The minimum absolute atomic E-state index is 0.352. The molecule has 0 unspecified atom stereocenters. The van der Waals surface area contributed by atoms with Gasteiger partial charge < -0.3 is 5.73 Å². The summed E-state index contributed by atoms with van der Waals surface area (Å²) >= 11 is 5.16. The monoisotopic (exact) mass is 263 g/mol. The van der Waals surface area contributed by atoms with Crippen molar-refractivity contribution in [2.75, 3.05) is 0 Å². The highest BCUT2D eigenvalue weighted by molar-refractivity contribution is 7.71. The summed E-state index contributed by atoms with van der Waals surface area (Å²) in [4.78, 5) is 15.5. The maximum absolute atomic E-state index is 11.6. The smallest absolute Gasteiger partial charge is 0.243 e. The highest BCUT2D eigenvalue weighted by atomic mass is 32.1.